The Labute approximate surface area is 176 Å². The number of thiophene rings is 1. The van der Waals surface area contributed by atoms with Crippen LogP contribution in [0.2, 0.25) is 0 Å². The lowest BCUT2D eigenvalue weighted by atomic mass is 10.1. The van der Waals surface area contributed by atoms with Crippen LogP contribution in [0.3, 0.4) is 0 Å². The van der Waals surface area contributed by atoms with Crippen LogP contribution in [0.1, 0.15) is 23.1 Å². The van der Waals surface area contributed by atoms with Gasteiger partial charge in [0.25, 0.3) is 5.56 Å². The molecular formula is C23H19N3O3S. The van der Waals surface area contributed by atoms with Crippen molar-refractivity contribution < 1.29 is 9.59 Å². The summed E-state index contributed by atoms with van der Waals surface area (Å²) in [6.45, 7) is 3.02. The van der Waals surface area contributed by atoms with Crippen LogP contribution in [0, 0.1) is 6.92 Å². The molecule has 2 aromatic carbocycles. The largest absolute Gasteiger partial charge is 0.325 e. The average molecular weight is 417 g/mol. The highest BCUT2D eigenvalue weighted by atomic mass is 32.1. The number of carbonyl (C=O) groups excluding carboxylic acids is 2. The zero-order valence-electron chi connectivity index (χ0n) is 16.5. The third kappa shape index (κ3) is 3.92. The minimum absolute atomic E-state index is 0.0838. The van der Waals surface area contributed by atoms with E-state index in [2.05, 4.69) is 10.3 Å². The molecule has 6 nitrogen and oxygen atoms in total. The first-order chi connectivity index (χ1) is 14.4. The predicted octanol–water partition coefficient (Wildman–Crippen LogP) is 4.27. The van der Waals surface area contributed by atoms with Crippen LogP contribution in [-0.4, -0.2) is 21.2 Å². The maximum atomic E-state index is 13.0. The van der Waals surface area contributed by atoms with Gasteiger partial charge in [-0.1, -0.05) is 42.5 Å². The molecule has 0 saturated carbocycles. The summed E-state index contributed by atoms with van der Waals surface area (Å²) < 4.78 is 1.37. The molecule has 0 aliphatic heterocycles. The Balaban J connectivity index is 1.62. The maximum absolute atomic E-state index is 13.0. The van der Waals surface area contributed by atoms with E-state index in [4.69, 9.17) is 0 Å². The summed E-state index contributed by atoms with van der Waals surface area (Å²) in [5.41, 5.74) is 1.79. The van der Waals surface area contributed by atoms with Crippen molar-refractivity contribution in [3.63, 3.8) is 0 Å². The van der Waals surface area contributed by atoms with Crippen LogP contribution in [-0.2, 0) is 11.3 Å². The van der Waals surface area contributed by atoms with Gasteiger partial charge in [-0.25, -0.2) is 4.98 Å². The molecule has 0 unspecified atom stereocenters. The number of ketones is 1. The summed E-state index contributed by atoms with van der Waals surface area (Å²) in [7, 11) is 0. The lowest BCUT2D eigenvalue weighted by Gasteiger charge is -2.10. The zero-order chi connectivity index (χ0) is 21.3. The van der Waals surface area contributed by atoms with Gasteiger partial charge < -0.3 is 5.32 Å². The molecule has 2 heterocycles. The number of hydrogen-bond donors (Lipinski definition) is 1. The molecule has 0 saturated heterocycles. The van der Waals surface area contributed by atoms with Gasteiger partial charge in [-0.2, -0.15) is 0 Å². The van der Waals surface area contributed by atoms with Crippen LogP contribution in [0.25, 0.3) is 20.7 Å². The highest BCUT2D eigenvalue weighted by Crippen LogP contribution is 2.30. The number of nitrogens with zero attached hydrogens (tertiary/aromatic N) is 2. The Morgan fingerprint density at radius 2 is 1.83 bits per heavy atom. The van der Waals surface area contributed by atoms with Crippen LogP contribution < -0.4 is 10.9 Å². The molecule has 4 aromatic rings. The van der Waals surface area contributed by atoms with Crippen LogP contribution in [0.15, 0.2) is 65.5 Å². The normalized spacial score (nSPS) is 10.9. The van der Waals surface area contributed by atoms with Gasteiger partial charge in [0.1, 0.15) is 17.2 Å². The van der Waals surface area contributed by atoms with Crippen LogP contribution in [0.4, 0.5) is 5.69 Å². The summed E-state index contributed by atoms with van der Waals surface area (Å²) in [5, 5.41) is 3.24. The standard InChI is InChI=1S/C23H19N3O3S/c1-14(27)17-9-6-10-18(11-17)25-21(28)13-26-15(2)24-22-19(23(26)29)12-20(30-22)16-7-4-3-5-8-16/h3-12H,13H2,1-2H3,(H,25,28). The van der Waals surface area contributed by atoms with Crippen molar-refractivity contribution in [2.24, 2.45) is 0 Å². The Hall–Kier alpha value is -3.58. The molecule has 150 valence electrons. The SMILES string of the molecule is CC(=O)c1cccc(NC(=O)Cn2c(C)nc3sc(-c4ccccc4)cc3c2=O)c1. The minimum atomic E-state index is -0.361. The number of Topliss-reactive ketones (excluding diaryl/α,β-unsaturated/α-hetero) is 1. The van der Waals surface area contributed by atoms with Gasteiger partial charge in [0.2, 0.25) is 5.91 Å². The second-order valence-electron chi connectivity index (χ2n) is 6.93. The first kappa shape index (κ1) is 19.7. The Morgan fingerprint density at radius 3 is 2.57 bits per heavy atom. The summed E-state index contributed by atoms with van der Waals surface area (Å²) in [6, 6.07) is 18.3. The van der Waals surface area contributed by atoms with Crippen molar-refractivity contribution in [2.75, 3.05) is 5.32 Å². The zero-order valence-corrected chi connectivity index (χ0v) is 17.3. The van der Waals surface area contributed by atoms with Crippen molar-refractivity contribution in [3.05, 3.63) is 82.4 Å². The molecule has 0 radical (unpaired) electrons. The molecular weight excluding hydrogens is 398 g/mol. The molecule has 7 heteroatoms. The lowest BCUT2D eigenvalue weighted by molar-refractivity contribution is -0.116. The maximum Gasteiger partial charge on any atom is 0.262 e. The van der Waals surface area contributed by atoms with Crippen LogP contribution >= 0.6 is 11.3 Å². The topological polar surface area (TPSA) is 81.1 Å². The van der Waals surface area contributed by atoms with E-state index in [1.165, 1.54) is 22.8 Å². The fourth-order valence-electron chi connectivity index (χ4n) is 3.21. The van der Waals surface area contributed by atoms with Gasteiger partial charge in [0.05, 0.1) is 5.39 Å². The number of anilines is 1. The summed E-state index contributed by atoms with van der Waals surface area (Å²) in [6.07, 6.45) is 0. The first-order valence-electron chi connectivity index (χ1n) is 9.39. The molecule has 0 fully saturated rings. The smallest absolute Gasteiger partial charge is 0.262 e. The number of rotatable bonds is 5. The molecule has 30 heavy (non-hydrogen) atoms. The highest BCUT2D eigenvalue weighted by Gasteiger charge is 2.15. The summed E-state index contributed by atoms with van der Waals surface area (Å²) in [5.74, 6) is 0.0293. The minimum Gasteiger partial charge on any atom is -0.325 e. The van der Waals surface area contributed by atoms with Crippen molar-refractivity contribution in [3.8, 4) is 10.4 Å². The van der Waals surface area contributed by atoms with E-state index in [-0.39, 0.29) is 23.8 Å². The number of fused-ring (bicyclic) bond motifs is 1. The van der Waals surface area contributed by atoms with E-state index < -0.39 is 0 Å². The summed E-state index contributed by atoms with van der Waals surface area (Å²) >= 11 is 1.46. The Morgan fingerprint density at radius 1 is 1.07 bits per heavy atom. The van der Waals surface area contributed by atoms with Gasteiger partial charge in [-0.15, -0.1) is 11.3 Å². The van der Waals surface area contributed by atoms with E-state index in [0.29, 0.717) is 27.3 Å². The van der Waals surface area contributed by atoms with E-state index in [0.717, 1.165) is 10.4 Å². The van der Waals surface area contributed by atoms with E-state index in [1.54, 1.807) is 31.2 Å². The monoisotopic (exact) mass is 417 g/mol. The van der Waals surface area contributed by atoms with Gasteiger partial charge in [-0.05, 0) is 37.6 Å². The molecule has 0 aliphatic rings. The third-order valence-electron chi connectivity index (χ3n) is 4.75. The Kier molecular flexibility index (Phi) is 5.29. The lowest BCUT2D eigenvalue weighted by Crippen LogP contribution is -2.29. The first-order valence-corrected chi connectivity index (χ1v) is 10.2. The van der Waals surface area contributed by atoms with Gasteiger partial charge >= 0.3 is 0 Å². The molecule has 2 aromatic heterocycles. The second-order valence-corrected chi connectivity index (χ2v) is 7.96. The third-order valence-corrected chi connectivity index (χ3v) is 5.83. The molecule has 1 amide bonds. The number of hydrogen-bond acceptors (Lipinski definition) is 5. The van der Waals surface area contributed by atoms with E-state index >= 15 is 0 Å². The van der Waals surface area contributed by atoms with Gasteiger partial charge in [0.15, 0.2) is 5.78 Å². The number of aromatic nitrogens is 2. The predicted molar refractivity (Wildman–Crippen MR) is 119 cm³/mol. The number of nitrogens with one attached hydrogen (secondary N) is 1. The van der Waals surface area contributed by atoms with Crippen molar-refractivity contribution in [1.29, 1.82) is 0 Å². The second kappa shape index (κ2) is 8.04. The van der Waals surface area contributed by atoms with Gasteiger partial charge in [-0.3, -0.25) is 19.0 Å². The van der Waals surface area contributed by atoms with Crippen molar-refractivity contribution in [2.45, 2.75) is 20.4 Å². The highest BCUT2D eigenvalue weighted by molar-refractivity contribution is 7.21. The van der Waals surface area contributed by atoms with E-state index in [1.807, 2.05) is 36.4 Å². The number of amides is 1. The quantitative estimate of drug-likeness (QED) is 0.492. The van der Waals surface area contributed by atoms with Crippen molar-refractivity contribution in [1.82, 2.24) is 9.55 Å². The summed E-state index contributed by atoms with van der Waals surface area (Å²) in [4.78, 5) is 43.3. The number of carbonyl (C=O) groups is 2. The average Bonchev–Trinajstić information content (AvgIpc) is 3.16. The Bertz CT molecular complexity index is 1320. The number of benzene rings is 2. The van der Waals surface area contributed by atoms with Gasteiger partial charge in [0, 0.05) is 16.1 Å². The molecule has 0 atom stereocenters. The molecule has 4 rings (SSSR count). The van der Waals surface area contributed by atoms with E-state index in [9.17, 15) is 14.4 Å². The van der Waals surface area contributed by atoms with Crippen molar-refractivity contribution >= 4 is 38.9 Å². The molecule has 0 aliphatic carbocycles. The molecule has 1 N–H and O–H groups in total. The molecule has 0 spiro atoms. The fourth-order valence-corrected chi connectivity index (χ4v) is 4.28. The number of aryl methyl sites for hydroxylation is 1. The van der Waals surface area contributed by atoms with Crippen LogP contribution in [0.5, 0.6) is 0 Å². The molecule has 0 bridgehead atoms. The fraction of sp³-hybridized carbons (Fsp3) is 0.130.